The van der Waals surface area contributed by atoms with Crippen LogP contribution >= 0.6 is 8.53 Å². The molecule has 3 rings (SSSR count). The number of nitrogens with zero attached hydrogens (tertiary/aromatic N) is 2. The average molecular weight is 763 g/mol. The molecule has 1 atom stereocenters. The molecular weight excluding hydrogens is 691 g/mol. The highest BCUT2D eigenvalue weighted by Gasteiger charge is 2.39. The normalized spacial score (nSPS) is 13.7. The van der Waals surface area contributed by atoms with Crippen molar-refractivity contribution in [1.82, 2.24) is 4.67 Å². The second kappa shape index (κ2) is 27.0. The van der Waals surface area contributed by atoms with Gasteiger partial charge in [-0.2, -0.15) is 5.26 Å². The zero-order valence-electron chi connectivity index (χ0n) is 34.5. The summed E-state index contributed by atoms with van der Waals surface area (Å²) in [4.78, 5) is 0. The first-order valence-corrected chi connectivity index (χ1v) is 22.0. The molecule has 0 N–H and O–H groups in total. The van der Waals surface area contributed by atoms with E-state index in [0.29, 0.717) is 31.7 Å². The van der Waals surface area contributed by atoms with Gasteiger partial charge in [-0.25, -0.2) is 4.67 Å². The summed E-state index contributed by atoms with van der Waals surface area (Å²) in [7, 11) is 2.30. The lowest BCUT2D eigenvalue weighted by Gasteiger charge is -2.38. The van der Waals surface area contributed by atoms with E-state index in [1.54, 1.807) is 14.2 Å². The number of unbranched alkanes of at least 4 members (excludes halogenated alkanes) is 13. The molecule has 1 unspecified atom stereocenters. The van der Waals surface area contributed by atoms with Crippen molar-refractivity contribution < 1.29 is 23.3 Å². The molecule has 0 heterocycles. The van der Waals surface area contributed by atoms with Crippen molar-refractivity contribution in [2.75, 3.05) is 34.0 Å². The Balaban J connectivity index is 1.30. The predicted octanol–water partition coefficient (Wildman–Crippen LogP) is 13.0. The molecule has 1 aliphatic carbocycles. The lowest BCUT2D eigenvalue weighted by Crippen LogP contribution is -2.34. The van der Waals surface area contributed by atoms with Gasteiger partial charge < -0.3 is 23.3 Å². The molecular formula is C46H71N2O5P. The van der Waals surface area contributed by atoms with Crippen LogP contribution in [-0.4, -0.2) is 50.8 Å². The molecule has 0 aliphatic heterocycles. The van der Waals surface area contributed by atoms with E-state index in [-0.39, 0.29) is 0 Å². The Kier molecular flexibility index (Phi) is 22.8. The molecule has 0 amide bonds. The molecule has 0 saturated carbocycles. The zero-order valence-corrected chi connectivity index (χ0v) is 35.4. The maximum Gasteiger partial charge on any atom is 0.259 e. The van der Waals surface area contributed by atoms with Gasteiger partial charge in [0.15, 0.2) is 0 Å². The van der Waals surface area contributed by atoms with Crippen molar-refractivity contribution >= 4 is 8.53 Å². The molecule has 8 heteroatoms. The van der Waals surface area contributed by atoms with Crippen LogP contribution in [-0.2, 0) is 19.4 Å². The highest BCUT2D eigenvalue weighted by atomic mass is 31.2. The highest BCUT2D eigenvalue weighted by molar-refractivity contribution is 7.44. The quantitative estimate of drug-likeness (QED) is 0.0579. The third-order valence-electron chi connectivity index (χ3n) is 10.2. The Labute approximate surface area is 330 Å². The molecule has 2 aromatic rings. The molecule has 7 nitrogen and oxygen atoms in total. The van der Waals surface area contributed by atoms with Crippen molar-refractivity contribution in [2.45, 2.75) is 155 Å². The third-order valence-corrected chi connectivity index (χ3v) is 12.3. The number of rotatable bonds is 30. The van der Waals surface area contributed by atoms with E-state index in [4.69, 9.17) is 28.5 Å². The van der Waals surface area contributed by atoms with Gasteiger partial charge in [-0.15, -0.1) is 0 Å². The average Bonchev–Trinajstić information content (AvgIpc) is 3.19. The van der Waals surface area contributed by atoms with E-state index in [0.717, 1.165) is 54.9 Å². The van der Waals surface area contributed by atoms with Crippen LogP contribution in [0.25, 0.3) is 0 Å². The molecule has 300 valence electrons. The van der Waals surface area contributed by atoms with Gasteiger partial charge in [0, 0.05) is 18.7 Å². The summed E-state index contributed by atoms with van der Waals surface area (Å²) in [6, 6.07) is 19.6. The van der Waals surface area contributed by atoms with Crippen molar-refractivity contribution in [3.63, 3.8) is 0 Å². The zero-order chi connectivity index (χ0) is 38.9. The van der Waals surface area contributed by atoms with E-state index in [1.807, 2.05) is 24.3 Å². The summed E-state index contributed by atoms with van der Waals surface area (Å²) in [6.45, 7) is 10.6. The van der Waals surface area contributed by atoms with Crippen LogP contribution in [0.3, 0.4) is 0 Å². The minimum Gasteiger partial charge on any atom is -0.497 e. The number of benzene rings is 2. The SMILES string of the molecule is COc1ccc(C(OCCCCCCCCCCCCCCCCOP(OCCC#N)N(C(C)C)C(C)C)(C2=CC=CCC2)c2ccc(OC)cc2)cc1. The van der Waals surface area contributed by atoms with Gasteiger partial charge in [-0.1, -0.05) is 120 Å². The lowest BCUT2D eigenvalue weighted by atomic mass is 9.76. The summed E-state index contributed by atoms with van der Waals surface area (Å²) in [6.07, 6.45) is 26.8. The van der Waals surface area contributed by atoms with Crippen LogP contribution in [0.4, 0.5) is 0 Å². The fourth-order valence-corrected chi connectivity index (χ4v) is 8.98. The Morgan fingerprint density at radius 1 is 0.648 bits per heavy atom. The Morgan fingerprint density at radius 3 is 1.50 bits per heavy atom. The molecule has 0 radical (unpaired) electrons. The fraction of sp³-hybridized carbons (Fsp3) is 0.630. The van der Waals surface area contributed by atoms with Crippen LogP contribution in [0, 0.1) is 11.3 Å². The first kappa shape index (κ1) is 45.7. The molecule has 1 aliphatic rings. The number of nitriles is 1. The van der Waals surface area contributed by atoms with Crippen molar-refractivity contribution in [3.8, 4) is 17.6 Å². The van der Waals surface area contributed by atoms with Crippen LogP contribution in [0.1, 0.15) is 148 Å². The van der Waals surface area contributed by atoms with E-state index in [9.17, 15) is 0 Å². The fourth-order valence-electron chi connectivity index (χ4n) is 7.35. The number of hydrogen-bond acceptors (Lipinski definition) is 7. The first-order chi connectivity index (χ1) is 26.4. The summed E-state index contributed by atoms with van der Waals surface area (Å²) < 4.78 is 32.6. The van der Waals surface area contributed by atoms with E-state index in [2.05, 4.69) is 80.9 Å². The van der Waals surface area contributed by atoms with Crippen LogP contribution in [0.15, 0.2) is 72.3 Å². The molecule has 0 bridgehead atoms. The monoisotopic (exact) mass is 763 g/mol. The van der Waals surface area contributed by atoms with Gasteiger partial charge in [0.25, 0.3) is 8.53 Å². The van der Waals surface area contributed by atoms with Gasteiger partial charge >= 0.3 is 0 Å². The minimum atomic E-state index is -1.12. The molecule has 0 fully saturated rings. The third kappa shape index (κ3) is 15.4. The maximum absolute atomic E-state index is 8.90. The van der Waals surface area contributed by atoms with E-state index >= 15 is 0 Å². The predicted molar refractivity (Wildman–Crippen MR) is 225 cm³/mol. The standard InChI is InChI=1S/C46H71N2O5P/c1-39(2)48(40(3)4)54(53-38-24-35-47)52-37-23-18-16-14-12-10-8-7-9-11-13-15-17-22-36-51-46(41-25-20-19-21-26-41,42-27-31-44(49-5)32-28-42)43-29-33-45(50-6)34-30-43/h19-20,25,27-34,39-40H,7-18,21-24,26,36-38H2,1-6H3. The molecule has 0 saturated heterocycles. The molecule has 54 heavy (non-hydrogen) atoms. The minimum absolute atomic E-state index is 0.343. The smallest absolute Gasteiger partial charge is 0.259 e. The Morgan fingerprint density at radius 2 is 1.09 bits per heavy atom. The van der Waals surface area contributed by atoms with Gasteiger partial charge in [0.05, 0.1) is 39.9 Å². The molecule has 2 aromatic carbocycles. The first-order valence-electron chi connectivity index (χ1n) is 20.9. The van der Waals surface area contributed by atoms with Crippen molar-refractivity contribution in [1.29, 1.82) is 5.26 Å². The topological polar surface area (TPSA) is 73.2 Å². The molecule has 0 spiro atoms. The molecule has 0 aromatic heterocycles. The number of ether oxygens (including phenoxy) is 3. The van der Waals surface area contributed by atoms with Gasteiger partial charge in [-0.05, 0) is 94.3 Å². The largest absolute Gasteiger partial charge is 0.497 e. The van der Waals surface area contributed by atoms with Crippen molar-refractivity contribution in [3.05, 3.63) is 83.5 Å². The number of allylic oxidation sites excluding steroid dienone is 3. The van der Waals surface area contributed by atoms with Gasteiger partial charge in [0.1, 0.15) is 17.1 Å². The second-order valence-electron chi connectivity index (χ2n) is 15.0. The number of hydrogen-bond donors (Lipinski definition) is 0. The Bertz CT molecular complexity index is 1310. The summed E-state index contributed by atoms with van der Waals surface area (Å²) in [5, 5.41) is 8.90. The van der Waals surface area contributed by atoms with Crippen LogP contribution in [0.5, 0.6) is 11.5 Å². The summed E-state index contributed by atoms with van der Waals surface area (Å²) >= 11 is 0. The Hall–Kier alpha value is -2.72. The van der Waals surface area contributed by atoms with Crippen molar-refractivity contribution in [2.24, 2.45) is 0 Å². The summed E-state index contributed by atoms with van der Waals surface area (Å²) in [5.74, 6) is 1.69. The number of methoxy groups -OCH3 is 2. The van der Waals surface area contributed by atoms with Gasteiger partial charge in [0.2, 0.25) is 0 Å². The lowest BCUT2D eigenvalue weighted by molar-refractivity contribution is 0.00506. The summed E-state index contributed by atoms with van der Waals surface area (Å²) in [5.41, 5.74) is 2.89. The van der Waals surface area contributed by atoms with Gasteiger partial charge in [-0.3, -0.25) is 0 Å². The van der Waals surface area contributed by atoms with E-state index in [1.165, 1.54) is 82.6 Å². The second-order valence-corrected chi connectivity index (χ2v) is 16.4. The van der Waals surface area contributed by atoms with E-state index < -0.39 is 14.1 Å². The van der Waals surface area contributed by atoms with Crippen LogP contribution in [0.2, 0.25) is 0 Å². The van der Waals surface area contributed by atoms with Crippen LogP contribution < -0.4 is 9.47 Å². The highest BCUT2D eigenvalue weighted by Crippen LogP contribution is 2.46. The maximum atomic E-state index is 8.90.